The van der Waals surface area contributed by atoms with E-state index in [1.54, 1.807) is 0 Å². The molecule has 4 heteroatoms. The monoisotopic (exact) mass is 242 g/mol. The molecule has 0 radical (unpaired) electrons. The van der Waals surface area contributed by atoms with Crippen LogP contribution in [0.4, 0.5) is 0 Å². The summed E-state index contributed by atoms with van der Waals surface area (Å²) in [7, 11) is 0. The summed E-state index contributed by atoms with van der Waals surface area (Å²) in [6.07, 6.45) is 9.39. The molecule has 1 rings (SSSR count). The first-order valence-electron chi connectivity index (χ1n) is 6.71. The molecule has 0 heterocycles. The van der Waals surface area contributed by atoms with Crippen LogP contribution in [0.5, 0.6) is 0 Å². The van der Waals surface area contributed by atoms with E-state index in [2.05, 4.69) is 5.43 Å². The highest BCUT2D eigenvalue weighted by Gasteiger charge is 2.19. The van der Waals surface area contributed by atoms with Gasteiger partial charge in [-0.05, 0) is 33.6 Å². The van der Waals surface area contributed by atoms with Gasteiger partial charge in [0.15, 0.2) is 0 Å². The second kappa shape index (κ2) is 6.97. The number of hydrazine groups is 1. The van der Waals surface area contributed by atoms with Crippen LogP contribution in [0.15, 0.2) is 0 Å². The summed E-state index contributed by atoms with van der Waals surface area (Å²) < 4.78 is 0. The van der Waals surface area contributed by atoms with Crippen molar-refractivity contribution in [2.45, 2.75) is 77.4 Å². The van der Waals surface area contributed by atoms with Gasteiger partial charge in [-0.3, -0.25) is 4.79 Å². The maximum Gasteiger partial charge on any atom is 0.249 e. The van der Waals surface area contributed by atoms with Gasteiger partial charge < -0.3 is 0 Å². The van der Waals surface area contributed by atoms with E-state index in [1.807, 2.05) is 20.8 Å². The van der Waals surface area contributed by atoms with Crippen molar-refractivity contribution in [1.82, 2.24) is 10.6 Å². The SMILES string of the molecule is CC(C)(C)ON(C=O)NC1CCCCCCC1. The molecule has 1 aliphatic rings. The third-order valence-electron chi connectivity index (χ3n) is 2.88. The fourth-order valence-electron chi connectivity index (χ4n) is 2.14. The summed E-state index contributed by atoms with van der Waals surface area (Å²) in [5, 5.41) is 1.24. The molecule has 0 unspecified atom stereocenters. The predicted octanol–water partition coefficient (Wildman–Crippen LogP) is 2.79. The van der Waals surface area contributed by atoms with Crippen molar-refractivity contribution in [1.29, 1.82) is 0 Å². The Morgan fingerprint density at radius 3 is 2.12 bits per heavy atom. The topological polar surface area (TPSA) is 41.6 Å². The second-order valence-electron chi connectivity index (χ2n) is 5.81. The average Bonchev–Trinajstić information content (AvgIpc) is 2.18. The van der Waals surface area contributed by atoms with Gasteiger partial charge in [0.2, 0.25) is 6.41 Å². The van der Waals surface area contributed by atoms with Crippen LogP contribution in [0.1, 0.15) is 65.7 Å². The van der Waals surface area contributed by atoms with Crippen LogP contribution < -0.4 is 5.43 Å². The highest BCUT2D eigenvalue weighted by atomic mass is 16.7. The molecule has 4 nitrogen and oxygen atoms in total. The van der Waals surface area contributed by atoms with Crippen molar-refractivity contribution in [2.75, 3.05) is 0 Å². The van der Waals surface area contributed by atoms with Crippen molar-refractivity contribution in [2.24, 2.45) is 0 Å². The zero-order chi connectivity index (χ0) is 12.7. The molecule has 0 bridgehead atoms. The molecule has 1 fully saturated rings. The Morgan fingerprint density at radius 1 is 1.12 bits per heavy atom. The first-order valence-corrected chi connectivity index (χ1v) is 6.71. The lowest BCUT2D eigenvalue weighted by molar-refractivity contribution is -0.243. The fraction of sp³-hybridized carbons (Fsp3) is 0.923. The Balaban J connectivity index is 2.39. The smallest absolute Gasteiger partial charge is 0.249 e. The van der Waals surface area contributed by atoms with Gasteiger partial charge in [-0.2, -0.15) is 5.17 Å². The molecule has 1 amide bonds. The molecule has 0 aromatic heterocycles. The number of hydrogen-bond acceptors (Lipinski definition) is 3. The molecule has 1 N–H and O–H groups in total. The average molecular weight is 242 g/mol. The molecule has 100 valence electrons. The molecule has 1 saturated carbocycles. The van der Waals surface area contributed by atoms with Gasteiger partial charge in [0.1, 0.15) is 0 Å². The van der Waals surface area contributed by atoms with Crippen molar-refractivity contribution in [3.8, 4) is 0 Å². The molecule has 0 aliphatic heterocycles. The van der Waals surface area contributed by atoms with Crippen LogP contribution in [0.25, 0.3) is 0 Å². The van der Waals surface area contributed by atoms with Crippen LogP contribution in [-0.2, 0) is 9.63 Å². The molecular weight excluding hydrogens is 216 g/mol. The predicted molar refractivity (Wildman–Crippen MR) is 68.0 cm³/mol. The maximum atomic E-state index is 10.9. The first-order chi connectivity index (χ1) is 8.01. The molecule has 0 aromatic carbocycles. The highest BCUT2D eigenvalue weighted by Crippen LogP contribution is 2.18. The Labute approximate surface area is 105 Å². The lowest BCUT2D eigenvalue weighted by atomic mass is 9.97. The number of hydroxylamine groups is 1. The molecular formula is C13H26N2O2. The third kappa shape index (κ3) is 6.64. The summed E-state index contributed by atoms with van der Waals surface area (Å²) in [6.45, 7) is 5.80. The highest BCUT2D eigenvalue weighted by molar-refractivity contribution is 5.44. The van der Waals surface area contributed by atoms with E-state index in [0.29, 0.717) is 12.5 Å². The number of carbonyl (C=O) groups is 1. The number of hydrogen-bond donors (Lipinski definition) is 1. The Kier molecular flexibility index (Phi) is 5.92. The molecule has 0 spiro atoms. The van der Waals surface area contributed by atoms with Gasteiger partial charge in [0.05, 0.1) is 5.60 Å². The fourth-order valence-corrected chi connectivity index (χ4v) is 2.14. The van der Waals surface area contributed by atoms with Crippen molar-refractivity contribution >= 4 is 6.41 Å². The first kappa shape index (κ1) is 14.5. The van der Waals surface area contributed by atoms with Gasteiger partial charge in [0.25, 0.3) is 0 Å². The minimum absolute atomic E-state index is 0.352. The van der Waals surface area contributed by atoms with E-state index < -0.39 is 0 Å². The van der Waals surface area contributed by atoms with Crippen LogP contribution in [0, 0.1) is 0 Å². The standard InChI is InChI=1S/C13H26N2O2/c1-13(2,3)17-15(11-16)14-12-9-7-5-4-6-8-10-12/h11-12,14H,4-10H2,1-3H3. The number of rotatable bonds is 4. The van der Waals surface area contributed by atoms with E-state index in [1.165, 1.54) is 37.3 Å². The maximum absolute atomic E-state index is 10.9. The molecule has 0 aromatic rings. The Morgan fingerprint density at radius 2 is 1.65 bits per heavy atom. The van der Waals surface area contributed by atoms with Gasteiger partial charge in [-0.1, -0.05) is 32.1 Å². The van der Waals surface area contributed by atoms with E-state index >= 15 is 0 Å². The molecule has 17 heavy (non-hydrogen) atoms. The normalized spacial score (nSPS) is 19.5. The Hall–Kier alpha value is -0.610. The van der Waals surface area contributed by atoms with E-state index in [0.717, 1.165) is 12.8 Å². The summed E-state index contributed by atoms with van der Waals surface area (Å²) in [5.74, 6) is 0. The minimum atomic E-state index is -0.352. The lowest BCUT2D eigenvalue weighted by Gasteiger charge is -2.31. The molecule has 0 saturated heterocycles. The zero-order valence-electron chi connectivity index (χ0n) is 11.4. The van der Waals surface area contributed by atoms with Crippen molar-refractivity contribution < 1.29 is 9.63 Å². The largest absolute Gasteiger partial charge is 0.275 e. The van der Waals surface area contributed by atoms with Crippen molar-refractivity contribution in [3.63, 3.8) is 0 Å². The molecule has 0 atom stereocenters. The molecule has 1 aliphatic carbocycles. The summed E-state index contributed by atoms with van der Waals surface area (Å²) >= 11 is 0. The summed E-state index contributed by atoms with van der Waals surface area (Å²) in [4.78, 5) is 16.5. The lowest BCUT2D eigenvalue weighted by Crippen LogP contribution is -2.47. The zero-order valence-corrected chi connectivity index (χ0v) is 11.4. The summed E-state index contributed by atoms with van der Waals surface area (Å²) in [6, 6.07) is 0.364. The van der Waals surface area contributed by atoms with E-state index in [-0.39, 0.29) is 5.60 Å². The summed E-state index contributed by atoms with van der Waals surface area (Å²) in [5.41, 5.74) is 2.82. The minimum Gasteiger partial charge on any atom is -0.275 e. The van der Waals surface area contributed by atoms with Crippen LogP contribution in [0.2, 0.25) is 0 Å². The van der Waals surface area contributed by atoms with Crippen molar-refractivity contribution in [3.05, 3.63) is 0 Å². The van der Waals surface area contributed by atoms with Gasteiger partial charge in [-0.25, -0.2) is 10.3 Å². The number of nitrogens with one attached hydrogen (secondary N) is 1. The second-order valence-corrected chi connectivity index (χ2v) is 5.81. The Bertz CT molecular complexity index is 218. The number of nitrogens with zero attached hydrogens (tertiary/aromatic N) is 1. The van der Waals surface area contributed by atoms with Gasteiger partial charge >= 0.3 is 0 Å². The quantitative estimate of drug-likeness (QED) is 0.609. The van der Waals surface area contributed by atoms with Crippen LogP contribution in [0.3, 0.4) is 0 Å². The van der Waals surface area contributed by atoms with Gasteiger partial charge in [-0.15, -0.1) is 0 Å². The number of carbonyl (C=O) groups excluding carboxylic acids is 1. The number of amides is 1. The van der Waals surface area contributed by atoms with Crippen LogP contribution >= 0.6 is 0 Å². The van der Waals surface area contributed by atoms with E-state index in [4.69, 9.17) is 4.84 Å². The third-order valence-corrected chi connectivity index (χ3v) is 2.88. The van der Waals surface area contributed by atoms with Gasteiger partial charge in [0, 0.05) is 6.04 Å². The van der Waals surface area contributed by atoms with Crippen LogP contribution in [-0.4, -0.2) is 23.2 Å². The van der Waals surface area contributed by atoms with E-state index in [9.17, 15) is 4.79 Å².